The minimum atomic E-state index is -0.449. The van der Waals surface area contributed by atoms with Crippen LogP contribution in [0.2, 0.25) is 0 Å². The van der Waals surface area contributed by atoms with E-state index in [1.165, 1.54) is 23.5 Å². The first-order valence-electron chi connectivity index (χ1n) is 8.10. The summed E-state index contributed by atoms with van der Waals surface area (Å²) in [5.41, 5.74) is 2.53. The third-order valence-corrected chi connectivity index (χ3v) is 4.84. The number of benzene rings is 2. The van der Waals surface area contributed by atoms with E-state index in [0.29, 0.717) is 27.8 Å². The summed E-state index contributed by atoms with van der Waals surface area (Å²) in [4.78, 5) is 14.8. The fourth-order valence-electron chi connectivity index (χ4n) is 2.52. The molecule has 28 heavy (non-hydrogen) atoms. The number of allylic oxidation sites excluding steroid dienone is 1. The number of nitro benzene ring substituents is 1. The van der Waals surface area contributed by atoms with Crippen LogP contribution < -0.4 is 9.47 Å². The molecule has 0 aliphatic heterocycles. The topological polar surface area (TPSA) is 98.3 Å². The van der Waals surface area contributed by atoms with E-state index in [4.69, 9.17) is 9.47 Å². The molecule has 0 N–H and O–H groups in total. The Morgan fingerprint density at radius 2 is 1.96 bits per heavy atom. The number of hydrogen-bond donors (Lipinski definition) is 0. The number of thiazole rings is 1. The summed E-state index contributed by atoms with van der Waals surface area (Å²) in [6.07, 6.45) is 1.71. The maximum Gasteiger partial charge on any atom is 0.269 e. The molecular formula is C20H15N3O4S. The molecule has 0 radical (unpaired) electrons. The van der Waals surface area contributed by atoms with Gasteiger partial charge in [0, 0.05) is 34.7 Å². The van der Waals surface area contributed by atoms with Gasteiger partial charge in [0.05, 0.1) is 30.4 Å². The van der Waals surface area contributed by atoms with Crippen molar-refractivity contribution >= 4 is 28.7 Å². The van der Waals surface area contributed by atoms with E-state index < -0.39 is 4.92 Å². The lowest BCUT2D eigenvalue weighted by atomic mass is 10.1. The first-order chi connectivity index (χ1) is 13.5. The van der Waals surface area contributed by atoms with E-state index in [1.54, 1.807) is 50.6 Å². The van der Waals surface area contributed by atoms with Crippen molar-refractivity contribution in [3.8, 4) is 28.8 Å². The van der Waals surface area contributed by atoms with Crippen LogP contribution in [0.5, 0.6) is 11.5 Å². The highest BCUT2D eigenvalue weighted by molar-refractivity contribution is 7.11. The fourth-order valence-corrected chi connectivity index (χ4v) is 3.31. The second-order valence-corrected chi connectivity index (χ2v) is 6.48. The molecule has 0 bridgehead atoms. The van der Waals surface area contributed by atoms with Gasteiger partial charge >= 0.3 is 0 Å². The summed E-state index contributed by atoms with van der Waals surface area (Å²) in [5.74, 6) is 1.24. The molecule has 3 rings (SSSR count). The van der Waals surface area contributed by atoms with Gasteiger partial charge in [0.25, 0.3) is 5.69 Å². The Kier molecular flexibility index (Phi) is 5.67. The van der Waals surface area contributed by atoms with E-state index in [2.05, 4.69) is 11.1 Å². The van der Waals surface area contributed by atoms with Gasteiger partial charge in [0.2, 0.25) is 0 Å². The average Bonchev–Trinajstić information content (AvgIpc) is 3.22. The number of hydrogen-bond acceptors (Lipinski definition) is 7. The Hall–Kier alpha value is -3.70. The monoisotopic (exact) mass is 393 g/mol. The van der Waals surface area contributed by atoms with Crippen molar-refractivity contribution in [1.29, 1.82) is 5.26 Å². The largest absolute Gasteiger partial charge is 0.497 e. The van der Waals surface area contributed by atoms with Crippen molar-refractivity contribution in [3.63, 3.8) is 0 Å². The summed E-state index contributed by atoms with van der Waals surface area (Å²) >= 11 is 1.33. The van der Waals surface area contributed by atoms with Crippen molar-refractivity contribution in [3.05, 3.63) is 68.5 Å². The molecule has 0 unspecified atom stereocenters. The predicted molar refractivity (Wildman–Crippen MR) is 107 cm³/mol. The van der Waals surface area contributed by atoms with Crippen LogP contribution in [0.25, 0.3) is 22.9 Å². The zero-order valence-electron chi connectivity index (χ0n) is 15.1. The Morgan fingerprint density at radius 3 is 2.57 bits per heavy atom. The Balaban J connectivity index is 1.93. The fraction of sp³-hybridized carbons (Fsp3) is 0.100. The summed E-state index contributed by atoms with van der Waals surface area (Å²) in [7, 11) is 3.12. The number of aromatic nitrogens is 1. The van der Waals surface area contributed by atoms with Gasteiger partial charge in [-0.3, -0.25) is 10.1 Å². The first kappa shape index (κ1) is 19.1. The van der Waals surface area contributed by atoms with E-state index >= 15 is 0 Å². The van der Waals surface area contributed by atoms with Crippen LogP contribution in [0.3, 0.4) is 0 Å². The van der Waals surface area contributed by atoms with Gasteiger partial charge in [-0.2, -0.15) is 5.26 Å². The molecule has 140 valence electrons. The molecule has 0 saturated heterocycles. The van der Waals surface area contributed by atoms with Gasteiger partial charge < -0.3 is 9.47 Å². The van der Waals surface area contributed by atoms with Crippen LogP contribution in [0.1, 0.15) is 10.6 Å². The van der Waals surface area contributed by atoms with Crippen LogP contribution in [-0.2, 0) is 0 Å². The predicted octanol–water partition coefficient (Wildman–Crippen LogP) is 4.80. The second kappa shape index (κ2) is 8.33. The van der Waals surface area contributed by atoms with Crippen LogP contribution in [0.4, 0.5) is 5.69 Å². The average molecular weight is 393 g/mol. The third-order valence-electron chi connectivity index (χ3n) is 3.97. The highest BCUT2D eigenvalue weighted by Gasteiger charge is 2.12. The smallest absolute Gasteiger partial charge is 0.269 e. The lowest BCUT2D eigenvalue weighted by Gasteiger charge is -2.07. The molecule has 1 heterocycles. The molecule has 0 atom stereocenters. The van der Waals surface area contributed by atoms with E-state index in [0.717, 1.165) is 11.1 Å². The zero-order chi connectivity index (χ0) is 20.1. The number of non-ortho nitro benzene ring substituents is 1. The van der Waals surface area contributed by atoms with Gasteiger partial charge in [-0.1, -0.05) is 0 Å². The summed E-state index contributed by atoms with van der Waals surface area (Å²) in [5, 5.41) is 22.7. The molecule has 3 aromatic rings. The van der Waals surface area contributed by atoms with Gasteiger partial charge in [0.15, 0.2) is 0 Å². The minimum Gasteiger partial charge on any atom is -0.497 e. The third kappa shape index (κ3) is 4.00. The Bertz CT molecular complexity index is 1080. The minimum absolute atomic E-state index is 0.0170. The van der Waals surface area contributed by atoms with Crippen molar-refractivity contribution in [2.75, 3.05) is 14.2 Å². The number of nitrogens with zero attached hydrogens (tertiary/aromatic N) is 3. The van der Waals surface area contributed by atoms with Gasteiger partial charge in [-0.15, -0.1) is 11.3 Å². The SMILES string of the molecule is COc1ccc(/C=C(\C#N)c2nc(-c3ccc([N+](=O)[O-])cc3)cs2)c(OC)c1. The lowest BCUT2D eigenvalue weighted by molar-refractivity contribution is -0.384. The Morgan fingerprint density at radius 1 is 1.21 bits per heavy atom. The number of rotatable bonds is 6. The van der Waals surface area contributed by atoms with E-state index in [9.17, 15) is 15.4 Å². The molecule has 8 heteroatoms. The highest BCUT2D eigenvalue weighted by atomic mass is 32.1. The molecular weight excluding hydrogens is 378 g/mol. The standard InChI is InChI=1S/C20H15N3O4S/c1-26-17-8-5-14(19(10-17)27-2)9-15(11-21)20-22-18(12-28-20)13-3-6-16(7-4-13)23(24)25/h3-10,12H,1-2H3/b15-9+. The van der Waals surface area contributed by atoms with Gasteiger partial charge in [-0.25, -0.2) is 4.98 Å². The summed E-state index contributed by atoms with van der Waals surface area (Å²) < 4.78 is 10.6. The maximum absolute atomic E-state index is 10.8. The van der Waals surface area contributed by atoms with E-state index in [1.807, 2.05) is 5.38 Å². The summed E-state index contributed by atoms with van der Waals surface area (Å²) in [6, 6.07) is 13.6. The number of ether oxygens (including phenoxy) is 2. The maximum atomic E-state index is 10.8. The molecule has 0 spiro atoms. The van der Waals surface area contributed by atoms with Crippen LogP contribution in [-0.4, -0.2) is 24.1 Å². The highest BCUT2D eigenvalue weighted by Crippen LogP contribution is 2.31. The van der Waals surface area contributed by atoms with Crippen molar-refractivity contribution < 1.29 is 14.4 Å². The van der Waals surface area contributed by atoms with Crippen LogP contribution >= 0.6 is 11.3 Å². The molecule has 0 aliphatic rings. The lowest BCUT2D eigenvalue weighted by Crippen LogP contribution is -1.90. The second-order valence-electron chi connectivity index (χ2n) is 5.62. The molecule has 0 amide bonds. The Labute approximate surface area is 165 Å². The summed E-state index contributed by atoms with van der Waals surface area (Å²) in [6.45, 7) is 0. The molecule has 2 aromatic carbocycles. The molecule has 0 aliphatic carbocycles. The van der Waals surface area contributed by atoms with Crippen molar-refractivity contribution in [1.82, 2.24) is 4.98 Å². The molecule has 7 nitrogen and oxygen atoms in total. The molecule has 1 aromatic heterocycles. The van der Waals surface area contributed by atoms with Gasteiger partial charge in [-0.05, 0) is 30.3 Å². The molecule has 0 saturated carbocycles. The van der Waals surface area contributed by atoms with Gasteiger partial charge in [0.1, 0.15) is 22.6 Å². The van der Waals surface area contributed by atoms with E-state index in [-0.39, 0.29) is 5.69 Å². The number of nitriles is 1. The first-order valence-corrected chi connectivity index (χ1v) is 8.98. The van der Waals surface area contributed by atoms with Crippen LogP contribution in [0.15, 0.2) is 47.8 Å². The quantitative estimate of drug-likeness (QED) is 0.339. The van der Waals surface area contributed by atoms with Crippen molar-refractivity contribution in [2.45, 2.75) is 0 Å². The normalized spacial score (nSPS) is 11.0. The number of methoxy groups -OCH3 is 2. The number of nitro groups is 1. The van der Waals surface area contributed by atoms with Crippen LogP contribution in [0, 0.1) is 21.4 Å². The van der Waals surface area contributed by atoms with Crippen molar-refractivity contribution in [2.24, 2.45) is 0 Å². The zero-order valence-corrected chi connectivity index (χ0v) is 15.9. The molecule has 0 fully saturated rings.